The molecule has 0 N–H and O–H groups in total. The maximum Gasteiger partial charge on any atom is 0.338 e. The van der Waals surface area contributed by atoms with Crippen LogP contribution in [0.25, 0.3) is 0 Å². The van der Waals surface area contributed by atoms with Gasteiger partial charge in [-0.1, -0.05) is 13.0 Å². The molecular weight excluding hydrogens is 306 g/mol. The van der Waals surface area contributed by atoms with Crippen molar-refractivity contribution in [3.63, 3.8) is 0 Å². The van der Waals surface area contributed by atoms with Crippen LogP contribution < -0.4 is 4.90 Å². The topological polar surface area (TPSA) is 63.7 Å². The van der Waals surface area contributed by atoms with Gasteiger partial charge in [0.1, 0.15) is 0 Å². The van der Waals surface area contributed by atoms with E-state index in [0.717, 1.165) is 25.7 Å². The van der Waals surface area contributed by atoms with Gasteiger partial charge in [-0.15, -0.1) is 0 Å². The molecule has 4 rings (SSSR count). The van der Waals surface area contributed by atoms with Crippen LogP contribution in [0.1, 0.15) is 43.0 Å². The molecule has 1 saturated heterocycles. The van der Waals surface area contributed by atoms with Gasteiger partial charge in [-0.05, 0) is 55.7 Å². The molecule has 2 saturated carbocycles. The van der Waals surface area contributed by atoms with Gasteiger partial charge in [0.05, 0.1) is 29.7 Å². The van der Waals surface area contributed by atoms with Crippen molar-refractivity contribution in [3.8, 4) is 0 Å². The number of rotatable bonds is 4. The molecular formula is C19H21NO4. The second kappa shape index (κ2) is 5.72. The van der Waals surface area contributed by atoms with Gasteiger partial charge in [-0.25, -0.2) is 4.79 Å². The van der Waals surface area contributed by atoms with E-state index < -0.39 is 5.97 Å². The largest absolute Gasteiger partial charge is 0.462 e. The average Bonchev–Trinajstić information content (AvgIpc) is 3.27. The van der Waals surface area contributed by atoms with Crippen LogP contribution in [0.2, 0.25) is 0 Å². The van der Waals surface area contributed by atoms with Crippen LogP contribution in [0.15, 0.2) is 24.3 Å². The molecule has 3 aliphatic rings. The zero-order valence-corrected chi connectivity index (χ0v) is 13.7. The van der Waals surface area contributed by atoms with E-state index in [0.29, 0.717) is 29.7 Å². The fraction of sp³-hybridized carbons (Fsp3) is 0.526. The molecule has 2 amide bonds. The number of nitrogens with zero attached hydrogens (tertiary/aromatic N) is 1. The van der Waals surface area contributed by atoms with E-state index in [1.54, 1.807) is 24.3 Å². The molecule has 0 radical (unpaired) electrons. The maximum atomic E-state index is 12.8. The first-order valence-corrected chi connectivity index (χ1v) is 8.76. The number of imide groups is 1. The predicted molar refractivity (Wildman–Crippen MR) is 87.3 cm³/mol. The first kappa shape index (κ1) is 15.4. The number of hydrogen-bond donors (Lipinski definition) is 0. The first-order valence-electron chi connectivity index (χ1n) is 8.76. The summed E-state index contributed by atoms with van der Waals surface area (Å²) in [5, 5.41) is 0. The quantitative estimate of drug-likeness (QED) is 0.630. The Labute approximate surface area is 141 Å². The van der Waals surface area contributed by atoms with E-state index in [9.17, 15) is 14.4 Å². The van der Waals surface area contributed by atoms with Gasteiger partial charge in [0.15, 0.2) is 0 Å². The molecule has 3 fully saturated rings. The molecule has 5 heteroatoms. The number of fused-ring (bicyclic) bond motifs is 5. The number of carbonyl (C=O) groups excluding carboxylic acids is 3. The number of ether oxygens (including phenoxy) is 1. The van der Waals surface area contributed by atoms with Crippen LogP contribution in [-0.2, 0) is 14.3 Å². The SMILES string of the molecule is CCCOC(=O)c1cccc(N2C(=O)[C@@H]3[C@H]4CC[C@@H](C4)[C@@H]3C2=O)c1. The van der Waals surface area contributed by atoms with Gasteiger partial charge in [-0.3, -0.25) is 14.5 Å². The summed E-state index contributed by atoms with van der Waals surface area (Å²) in [6.45, 7) is 2.29. The molecule has 126 valence electrons. The van der Waals surface area contributed by atoms with E-state index in [4.69, 9.17) is 4.74 Å². The fourth-order valence-corrected chi connectivity index (χ4v) is 4.71. The summed E-state index contributed by atoms with van der Waals surface area (Å²) in [5.41, 5.74) is 0.867. The Bertz CT molecular complexity index is 685. The molecule has 4 atom stereocenters. The second-order valence-corrected chi connectivity index (χ2v) is 7.08. The molecule has 1 heterocycles. The lowest BCUT2D eigenvalue weighted by molar-refractivity contribution is -0.123. The minimum absolute atomic E-state index is 0.0868. The number of hydrogen-bond acceptors (Lipinski definition) is 4. The van der Waals surface area contributed by atoms with E-state index in [2.05, 4.69) is 0 Å². The minimum atomic E-state index is -0.418. The Kier molecular flexibility index (Phi) is 3.66. The summed E-state index contributed by atoms with van der Waals surface area (Å²) in [4.78, 5) is 39.0. The monoisotopic (exact) mass is 327 g/mol. The number of esters is 1. The smallest absolute Gasteiger partial charge is 0.338 e. The molecule has 2 bridgehead atoms. The molecule has 5 nitrogen and oxygen atoms in total. The fourth-order valence-electron chi connectivity index (χ4n) is 4.71. The third-order valence-electron chi connectivity index (χ3n) is 5.70. The maximum absolute atomic E-state index is 12.8. The number of anilines is 1. The van der Waals surface area contributed by atoms with Crippen molar-refractivity contribution < 1.29 is 19.1 Å². The van der Waals surface area contributed by atoms with Crippen molar-refractivity contribution in [1.29, 1.82) is 0 Å². The summed E-state index contributed by atoms with van der Waals surface area (Å²) in [7, 11) is 0. The van der Waals surface area contributed by atoms with Crippen LogP contribution in [0.5, 0.6) is 0 Å². The molecule has 1 aromatic carbocycles. The van der Waals surface area contributed by atoms with Gasteiger partial charge >= 0.3 is 5.97 Å². The van der Waals surface area contributed by atoms with Gasteiger partial charge in [-0.2, -0.15) is 0 Å². The van der Waals surface area contributed by atoms with Gasteiger partial charge < -0.3 is 4.74 Å². The summed E-state index contributed by atoms with van der Waals surface area (Å²) < 4.78 is 5.14. The average molecular weight is 327 g/mol. The third-order valence-corrected chi connectivity index (χ3v) is 5.70. The molecule has 0 aromatic heterocycles. The molecule has 24 heavy (non-hydrogen) atoms. The standard InChI is InChI=1S/C19H21NO4/c1-2-8-24-19(23)13-4-3-5-14(10-13)20-17(21)15-11-6-7-12(9-11)16(15)18(20)22/h3-5,10-12,15-16H,2,6-9H2,1H3/t11-,12-,15-,16+/m0/s1. The van der Waals surface area contributed by atoms with Crippen molar-refractivity contribution >= 4 is 23.5 Å². The lowest BCUT2D eigenvalue weighted by Crippen LogP contribution is -2.32. The normalized spacial score (nSPS) is 30.8. The predicted octanol–water partition coefficient (Wildman–Crippen LogP) is 2.79. The Morgan fingerprint density at radius 3 is 2.46 bits per heavy atom. The highest BCUT2D eigenvalue weighted by Gasteiger charge is 2.61. The highest BCUT2D eigenvalue weighted by Crippen LogP contribution is 2.56. The molecule has 1 aliphatic heterocycles. The summed E-state index contributed by atoms with van der Waals surface area (Å²) in [6, 6.07) is 6.66. The second-order valence-electron chi connectivity index (χ2n) is 7.08. The van der Waals surface area contributed by atoms with Crippen molar-refractivity contribution in [1.82, 2.24) is 0 Å². The highest BCUT2D eigenvalue weighted by molar-refractivity contribution is 6.22. The first-order chi connectivity index (χ1) is 11.6. The van der Waals surface area contributed by atoms with E-state index >= 15 is 0 Å². The lowest BCUT2D eigenvalue weighted by atomic mass is 9.81. The van der Waals surface area contributed by atoms with Crippen LogP contribution in [0.4, 0.5) is 5.69 Å². The molecule has 1 aromatic rings. The van der Waals surface area contributed by atoms with Gasteiger partial charge in [0.2, 0.25) is 11.8 Å². The van der Waals surface area contributed by atoms with Crippen molar-refractivity contribution in [2.24, 2.45) is 23.7 Å². The summed E-state index contributed by atoms with van der Waals surface area (Å²) >= 11 is 0. The number of amides is 2. The van der Waals surface area contributed by atoms with Crippen molar-refractivity contribution in [2.45, 2.75) is 32.6 Å². The zero-order valence-electron chi connectivity index (χ0n) is 13.7. The summed E-state index contributed by atoms with van der Waals surface area (Å²) in [6.07, 6.45) is 3.88. The Morgan fingerprint density at radius 1 is 1.17 bits per heavy atom. The van der Waals surface area contributed by atoms with E-state index in [1.165, 1.54) is 4.90 Å². The van der Waals surface area contributed by atoms with Crippen LogP contribution >= 0.6 is 0 Å². The Hall–Kier alpha value is -2.17. The van der Waals surface area contributed by atoms with Crippen molar-refractivity contribution in [2.75, 3.05) is 11.5 Å². The van der Waals surface area contributed by atoms with Crippen LogP contribution in [0.3, 0.4) is 0 Å². The van der Waals surface area contributed by atoms with E-state index in [1.807, 2.05) is 6.92 Å². The molecule has 0 spiro atoms. The van der Waals surface area contributed by atoms with Gasteiger partial charge in [0.25, 0.3) is 0 Å². The Morgan fingerprint density at radius 2 is 1.83 bits per heavy atom. The zero-order chi connectivity index (χ0) is 16.8. The number of carbonyl (C=O) groups is 3. The molecule has 0 unspecified atom stereocenters. The minimum Gasteiger partial charge on any atom is -0.462 e. The van der Waals surface area contributed by atoms with E-state index in [-0.39, 0.29) is 23.7 Å². The molecule has 2 aliphatic carbocycles. The van der Waals surface area contributed by atoms with Gasteiger partial charge in [0, 0.05) is 0 Å². The lowest BCUT2D eigenvalue weighted by Gasteiger charge is -2.19. The van der Waals surface area contributed by atoms with Crippen LogP contribution in [0, 0.1) is 23.7 Å². The highest BCUT2D eigenvalue weighted by atomic mass is 16.5. The number of benzene rings is 1. The van der Waals surface area contributed by atoms with Crippen molar-refractivity contribution in [3.05, 3.63) is 29.8 Å². The Balaban J connectivity index is 1.61. The summed E-state index contributed by atoms with van der Waals surface area (Å²) in [5.74, 6) is -0.164. The third kappa shape index (κ3) is 2.18. The van der Waals surface area contributed by atoms with Crippen LogP contribution in [-0.4, -0.2) is 24.4 Å².